The topological polar surface area (TPSA) is 60.2 Å². The molecule has 0 aliphatic rings. The Bertz CT molecular complexity index is 777. The Labute approximate surface area is 143 Å². The smallest absolute Gasteiger partial charge is 0.152 e. The third kappa shape index (κ3) is 4.01. The Kier molecular flexibility index (Phi) is 4.81. The fourth-order valence-corrected chi connectivity index (χ4v) is 2.43. The summed E-state index contributed by atoms with van der Waals surface area (Å²) in [4.78, 5) is 3.80. The average molecular weight is 350 g/mol. The van der Waals surface area contributed by atoms with Crippen LogP contribution in [0.4, 0.5) is 0 Å². The molecule has 23 heavy (non-hydrogen) atoms. The molecule has 0 spiro atoms. The third-order valence-electron chi connectivity index (χ3n) is 3.22. The lowest BCUT2D eigenvalue weighted by Gasteiger charge is -2.13. The van der Waals surface area contributed by atoms with Gasteiger partial charge in [0.1, 0.15) is 24.2 Å². The maximum atomic E-state index is 10.1. The molecule has 0 fully saturated rings. The first-order valence-corrected chi connectivity index (χ1v) is 7.61. The Morgan fingerprint density at radius 3 is 2.48 bits per heavy atom. The van der Waals surface area contributed by atoms with E-state index in [9.17, 15) is 5.11 Å². The largest absolute Gasteiger partial charge is 0.457 e. The van der Waals surface area contributed by atoms with Gasteiger partial charge < -0.3 is 9.84 Å². The highest BCUT2D eigenvalue weighted by atomic mass is 35.5. The molecule has 0 amide bonds. The standard InChI is InChI=1S/C16H13Cl2N3O2/c17-12-2-5-13(6-3-12)23-14-4-1-11(15(18)8-14)7-16(22)21-10-19-9-20-21/h1-6,8-10,16,22H,7H2. The van der Waals surface area contributed by atoms with E-state index in [-0.39, 0.29) is 0 Å². The predicted molar refractivity (Wildman–Crippen MR) is 88.0 cm³/mol. The SMILES string of the molecule is OC(Cc1ccc(Oc2ccc(Cl)cc2)cc1Cl)n1cncn1. The van der Waals surface area contributed by atoms with E-state index in [1.807, 2.05) is 6.07 Å². The van der Waals surface area contributed by atoms with Gasteiger partial charge in [-0.2, -0.15) is 5.10 Å². The molecular formula is C16H13Cl2N3O2. The van der Waals surface area contributed by atoms with Crippen molar-refractivity contribution in [2.45, 2.75) is 12.6 Å². The van der Waals surface area contributed by atoms with Crippen LogP contribution in [0, 0.1) is 0 Å². The van der Waals surface area contributed by atoms with Gasteiger partial charge in [0, 0.05) is 16.5 Å². The van der Waals surface area contributed by atoms with Crippen molar-refractivity contribution >= 4 is 23.2 Å². The van der Waals surface area contributed by atoms with Crippen LogP contribution in [0.1, 0.15) is 11.8 Å². The number of hydrogen-bond donors (Lipinski definition) is 1. The van der Waals surface area contributed by atoms with Crippen LogP contribution in [0.25, 0.3) is 0 Å². The van der Waals surface area contributed by atoms with Gasteiger partial charge in [0.15, 0.2) is 6.23 Å². The summed E-state index contributed by atoms with van der Waals surface area (Å²) >= 11 is 12.1. The van der Waals surface area contributed by atoms with Gasteiger partial charge in [-0.25, -0.2) is 9.67 Å². The van der Waals surface area contributed by atoms with E-state index in [1.165, 1.54) is 17.3 Å². The highest BCUT2D eigenvalue weighted by molar-refractivity contribution is 6.31. The molecule has 3 aromatic rings. The summed E-state index contributed by atoms with van der Waals surface area (Å²) in [6.07, 6.45) is 2.33. The van der Waals surface area contributed by atoms with Gasteiger partial charge in [0.25, 0.3) is 0 Å². The number of rotatable bonds is 5. The fraction of sp³-hybridized carbons (Fsp3) is 0.125. The lowest BCUT2D eigenvalue weighted by atomic mass is 10.1. The first kappa shape index (κ1) is 15.8. The van der Waals surface area contributed by atoms with E-state index >= 15 is 0 Å². The van der Waals surface area contributed by atoms with Gasteiger partial charge in [-0.15, -0.1) is 0 Å². The number of aromatic nitrogens is 3. The molecule has 0 bridgehead atoms. The summed E-state index contributed by atoms with van der Waals surface area (Å²) in [6, 6.07) is 12.4. The van der Waals surface area contributed by atoms with Crippen molar-refractivity contribution < 1.29 is 9.84 Å². The molecule has 1 atom stereocenters. The molecule has 5 nitrogen and oxygen atoms in total. The molecule has 0 radical (unpaired) electrons. The minimum absolute atomic E-state index is 0.323. The van der Waals surface area contributed by atoms with Crippen LogP contribution in [0.3, 0.4) is 0 Å². The summed E-state index contributed by atoms with van der Waals surface area (Å²) in [7, 11) is 0. The first-order chi connectivity index (χ1) is 11.1. The number of aliphatic hydroxyl groups is 1. The Morgan fingerprint density at radius 1 is 1.09 bits per heavy atom. The summed E-state index contributed by atoms with van der Waals surface area (Å²) in [5.41, 5.74) is 0.790. The van der Waals surface area contributed by atoms with Crippen molar-refractivity contribution in [2.75, 3.05) is 0 Å². The zero-order valence-electron chi connectivity index (χ0n) is 11.9. The molecule has 2 aromatic carbocycles. The number of halogens is 2. The molecule has 1 unspecified atom stereocenters. The molecule has 0 saturated carbocycles. The predicted octanol–water partition coefficient (Wildman–Crippen LogP) is 4.11. The molecule has 0 saturated heterocycles. The number of nitrogens with zero attached hydrogens (tertiary/aromatic N) is 3. The molecular weight excluding hydrogens is 337 g/mol. The summed E-state index contributed by atoms with van der Waals surface area (Å²) in [5, 5.41) is 15.1. The van der Waals surface area contributed by atoms with Gasteiger partial charge in [-0.1, -0.05) is 29.3 Å². The molecule has 118 valence electrons. The van der Waals surface area contributed by atoms with Crippen LogP contribution >= 0.6 is 23.2 Å². The Hall–Kier alpha value is -2.08. The molecule has 0 aliphatic carbocycles. The van der Waals surface area contributed by atoms with Gasteiger partial charge in [0.05, 0.1) is 0 Å². The van der Waals surface area contributed by atoms with Crippen LogP contribution in [-0.2, 0) is 6.42 Å². The van der Waals surface area contributed by atoms with Crippen molar-refractivity contribution in [3.05, 3.63) is 70.7 Å². The van der Waals surface area contributed by atoms with Crippen molar-refractivity contribution in [2.24, 2.45) is 0 Å². The second-order valence-electron chi connectivity index (χ2n) is 4.87. The van der Waals surface area contributed by atoms with Gasteiger partial charge in [0.2, 0.25) is 0 Å². The molecule has 0 aliphatic heterocycles. The van der Waals surface area contributed by atoms with Crippen LogP contribution in [0.2, 0.25) is 10.0 Å². The van der Waals surface area contributed by atoms with E-state index in [4.69, 9.17) is 27.9 Å². The molecule has 3 rings (SSSR count). The first-order valence-electron chi connectivity index (χ1n) is 6.86. The van der Waals surface area contributed by atoms with Gasteiger partial charge in [-0.3, -0.25) is 0 Å². The monoisotopic (exact) mass is 349 g/mol. The van der Waals surface area contributed by atoms with E-state index < -0.39 is 6.23 Å². The van der Waals surface area contributed by atoms with Crippen LogP contribution in [0.5, 0.6) is 11.5 Å². The van der Waals surface area contributed by atoms with Crippen molar-refractivity contribution in [1.29, 1.82) is 0 Å². The second kappa shape index (κ2) is 7.00. The highest BCUT2D eigenvalue weighted by Crippen LogP contribution is 2.29. The molecule has 1 heterocycles. The van der Waals surface area contributed by atoms with Crippen LogP contribution in [0.15, 0.2) is 55.1 Å². The average Bonchev–Trinajstić information content (AvgIpc) is 3.07. The summed E-state index contributed by atoms with van der Waals surface area (Å²) in [5.74, 6) is 1.28. The maximum absolute atomic E-state index is 10.1. The lowest BCUT2D eigenvalue weighted by molar-refractivity contribution is 0.0906. The molecule has 1 aromatic heterocycles. The Morgan fingerprint density at radius 2 is 1.83 bits per heavy atom. The zero-order chi connectivity index (χ0) is 16.2. The number of aliphatic hydroxyl groups excluding tert-OH is 1. The number of ether oxygens (including phenoxy) is 1. The van der Waals surface area contributed by atoms with E-state index in [0.29, 0.717) is 28.0 Å². The zero-order valence-corrected chi connectivity index (χ0v) is 13.4. The minimum Gasteiger partial charge on any atom is -0.457 e. The minimum atomic E-state index is -0.821. The third-order valence-corrected chi connectivity index (χ3v) is 3.82. The fourth-order valence-electron chi connectivity index (χ4n) is 2.06. The molecule has 1 N–H and O–H groups in total. The summed E-state index contributed by atoms with van der Waals surface area (Å²) in [6.45, 7) is 0. The van der Waals surface area contributed by atoms with Crippen molar-refractivity contribution in [1.82, 2.24) is 14.8 Å². The second-order valence-corrected chi connectivity index (χ2v) is 5.71. The van der Waals surface area contributed by atoms with E-state index in [0.717, 1.165) is 5.56 Å². The number of hydrogen-bond acceptors (Lipinski definition) is 4. The van der Waals surface area contributed by atoms with E-state index in [1.54, 1.807) is 36.4 Å². The van der Waals surface area contributed by atoms with Gasteiger partial charge >= 0.3 is 0 Å². The van der Waals surface area contributed by atoms with Gasteiger partial charge in [-0.05, 0) is 42.0 Å². The quantitative estimate of drug-likeness (QED) is 0.752. The van der Waals surface area contributed by atoms with Crippen LogP contribution in [-0.4, -0.2) is 19.9 Å². The van der Waals surface area contributed by atoms with Crippen molar-refractivity contribution in [3.8, 4) is 11.5 Å². The Balaban J connectivity index is 1.71. The van der Waals surface area contributed by atoms with Crippen molar-refractivity contribution in [3.63, 3.8) is 0 Å². The molecule has 7 heteroatoms. The number of benzene rings is 2. The van der Waals surface area contributed by atoms with Crippen LogP contribution < -0.4 is 4.74 Å². The maximum Gasteiger partial charge on any atom is 0.152 e. The summed E-state index contributed by atoms with van der Waals surface area (Å²) < 4.78 is 7.08. The normalized spacial score (nSPS) is 12.1. The lowest BCUT2D eigenvalue weighted by Crippen LogP contribution is -2.11. The van der Waals surface area contributed by atoms with E-state index in [2.05, 4.69) is 10.1 Å². The highest BCUT2D eigenvalue weighted by Gasteiger charge is 2.12.